The van der Waals surface area contributed by atoms with Crippen molar-refractivity contribution in [3.63, 3.8) is 0 Å². The van der Waals surface area contributed by atoms with Gasteiger partial charge >= 0.3 is 0 Å². The van der Waals surface area contributed by atoms with Crippen LogP contribution in [0.2, 0.25) is 0 Å². The van der Waals surface area contributed by atoms with Crippen molar-refractivity contribution in [2.75, 3.05) is 0 Å². The summed E-state index contributed by atoms with van der Waals surface area (Å²) in [5.41, 5.74) is 8.97. The van der Waals surface area contributed by atoms with Crippen molar-refractivity contribution in [3.8, 4) is 0 Å². The molecule has 1 fully saturated rings. The summed E-state index contributed by atoms with van der Waals surface area (Å²) in [6, 6.07) is 6.55. The van der Waals surface area contributed by atoms with Crippen LogP contribution in [-0.4, -0.2) is 0 Å². The molecule has 2 rings (SSSR count). The third-order valence-electron chi connectivity index (χ3n) is 4.32. The minimum Gasteiger partial charge on any atom is -0.324 e. The molecule has 0 heterocycles. The minimum atomic E-state index is 0.199. The third kappa shape index (κ3) is 3.58. The Labute approximate surface area is 119 Å². The maximum absolute atomic E-state index is 6.36. The fourth-order valence-electron chi connectivity index (χ4n) is 3.07. The maximum Gasteiger partial charge on any atom is 0.0297 e. The van der Waals surface area contributed by atoms with Crippen molar-refractivity contribution in [2.45, 2.75) is 57.9 Å². The molecule has 100 valence electrons. The van der Waals surface area contributed by atoms with Crippen LogP contribution in [0.25, 0.3) is 0 Å². The van der Waals surface area contributed by atoms with Gasteiger partial charge in [0.1, 0.15) is 0 Å². The Balaban J connectivity index is 1.90. The second-order valence-corrected chi connectivity index (χ2v) is 6.50. The molecule has 0 bridgehead atoms. The fraction of sp³-hybridized carbons (Fsp3) is 0.625. The van der Waals surface area contributed by atoms with Crippen LogP contribution in [0.5, 0.6) is 0 Å². The van der Waals surface area contributed by atoms with Crippen LogP contribution in [0, 0.1) is 12.8 Å². The van der Waals surface area contributed by atoms with E-state index in [9.17, 15) is 0 Å². The van der Waals surface area contributed by atoms with E-state index in [1.807, 2.05) is 0 Å². The number of rotatable bonds is 4. The van der Waals surface area contributed by atoms with Crippen molar-refractivity contribution in [1.29, 1.82) is 0 Å². The van der Waals surface area contributed by atoms with Crippen LogP contribution in [-0.2, 0) is 0 Å². The standard InChI is InChI=1S/C16H24BrN/c1-12-14(8-5-9-15(12)17)16(18)11-10-13-6-3-2-4-7-13/h5,8-9,13,16H,2-4,6-7,10-11,18H2,1H3. The number of hydrogen-bond acceptors (Lipinski definition) is 1. The SMILES string of the molecule is Cc1c(Br)cccc1C(N)CCC1CCCCC1. The van der Waals surface area contributed by atoms with E-state index in [4.69, 9.17) is 5.73 Å². The van der Waals surface area contributed by atoms with Crippen LogP contribution in [0.3, 0.4) is 0 Å². The van der Waals surface area contributed by atoms with Crippen molar-refractivity contribution in [3.05, 3.63) is 33.8 Å². The Bertz CT molecular complexity index is 383. The van der Waals surface area contributed by atoms with Gasteiger partial charge in [0.2, 0.25) is 0 Å². The number of hydrogen-bond donors (Lipinski definition) is 1. The normalized spacial score (nSPS) is 18.8. The summed E-state index contributed by atoms with van der Waals surface area (Å²) in [5.74, 6) is 0.928. The van der Waals surface area contributed by atoms with E-state index in [1.165, 1.54) is 54.1 Å². The second kappa shape index (κ2) is 6.72. The van der Waals surface area contributed by atoms with Crippen molar-refractivity contribution < 1.29 is 0 Å². The minimum absolute atomic E-state index is 0.199. The highest BCUT2D eigenvalue weighted by Gasteiger charge is 2.16. The molecule has 1 aromatic carbocycles. The highest BCUT2D eigenvalue weighted by atomic mass is 79.9. The van der Waals surface area contributed by atoms with E-state index in [0.29, 0.717) is 0 Å². The lowest BCUT2D eigenvalue weighted by molar-refractivity contribution is 0.324. The van der Waals surface area contributed by atoms with E-state index >= 15 is 0 Å². The van der Waals surface area contributed by atoms with Gasteiger partial charge < -0.3 is 5.73 Å². The lowest BCUT2D eigenvalue weighted by atomic mass is 9.84. The number of benzene rings is 1. The van der Waals surface area contributed by atoms with Crippen LogP contribution in [0.4, 0.5) is 0 Å². The smallest absolute Gasteiger partial charge is 0.0297 e. The van der Waals surface area contributed by atoms with Crippen LogP contribution in [0.1, 0.15) is 62.1 Å². The quantitative estimate of drug-likeness (QED) is 0.821. The van der Waals surface area contributed by atoms with Gasteiger partial charge in [-0.2, -0.15) is 0 Å². The van der Waals surface area contributed by atoms with E-state index in [1.54, 1.807) is 0 Å². The molecule has 0 aromatic heterocycles. The number of halogens is 1. The Morgan fingerprint density at radius 2 is 2.00 bits per heavy atom. The lowest BCUT2D eigenvalue weighted by Gasteiger charge is -2.23. The van der Waals surface area contributed by atoms with E-state index in [-0.39, 0.29) is 6.04 Å². The van der Waals surface area contributed by atoms with Gasteiger partial charge in [-0.3, -0.25) is 0 Å². The highest BCUT2D eigenvalue weighted by molar-refractivity contribution is 9.10. The summed E-state index contributed by atoms with van der Waals surface area (Å²) in [4.78, 5) is 0. The van der Waals surface area contributed by atoms with Gasteiger partial charge in [-0.15, -0.1) is 0 Å². The Kier molecular flexibility index (Phi) is 5.25. The van der Waals surface area contributed by atoms with Crippen LogP contribution < -0.4 is 5.73 Å². The second-order valence-electron chi connectivity index (χ2n) is 5.64. The molecule has 0 saturated heterocycles. The predicted molar refractivity (Wildman–Crippen MR) is 81.6 cm³/mol. The molecule has 1 nitrogen and oxygen atoms in total. The van der Waals surface area contributed by atoms with Gasteiger partial charge in [0.05, 0.1) is 0 Å². The van der Waals surface area contributed by atoms with Crippen LogP contribution >= 0.6 is 15.9 Å². The zero-order valence-electron chi connectivity index (χ0n) is 11.3. The summed E-state index contributed by atoms with van der Waals surface area (Å²) in [7, 11) is 0. The molecule has 0 spiro atoms. The van der Waals surface area contributed by atoms with Gasteiger partial charge in [0, 0.05) is 10.5 Å². The molecule has 0 aliphatic heterocycles. The monoisotopic (exact) mass is 309 g/mol. The molecule has 1 aliphatic rings. The molecule has 1 aromatic rings. The molecule has 1 unspecified atom stereocenters. The van der Waals surface area contributed by atoms with Crippen molar-refractivity contribution in [1.82, 2.24) is 0 Å². The molecule has 18 heavy (non-hydrogen) atoms. The lowest BCUT2D eigenvalue weighted by Crippen LogP contribution is -2.15. The third-order valence-corrected chi connectivity index (χ3v) is 5.18. The van der Waals surface area contributed by atoms with Crippen molar-refractivity contribution >= 4 is 15.9 Å². The summed E-state index contributed by atoms with van der Waals surface area (Å²) in [6.07, 6.45) is 9.56. The average Bonchev–Trinajstić information content (AvgIpc) is 2.40. The molecule has 2 N–H and O–H groups in total. The molecular weight excluding hydrogens is 286 g/mol. The fourth-order valence-corrected chi connectivity index (χ4v) is 3.45. The molecule has 0 amide bonds. The maximum atomic E-state index is 6.36. The first-order valence-corrected chi connectivity index (χ1v) is 7.98. The molecule has 1 saturated carbocycles. The first-order valence-electron chi connectivity index (χ1n) is 7.19. The van der Waals surface area contributed by atoms with E-state index in [2.05, 4.69) is 41.1 Å². The Morgan fingerprint density at radius 3 is 2.72 bits per heavy atom. The molecule has 1 aliphatic carbocycles. The molecule has 1 atom stereocenters. The van der Waals surface area contributed by atoms with Gasteiger partial charge in [-0.05, 0) is 42.9 Å². The Hall–Kier alpha value is -0.340. The van der Waals surface area contributed by atoms with Gasteiger partial charge in [-0.1, -0.05) is 60.2 Å². The highest BCUT2D eigenvalue weighted by Crippen LogP contribution is 2.31. The largest absolute Gasteiger partial charge is 0.324 e. The zero-order valence-corrected chi connectivity index (χ0v) is 12.9. The molecular formula is C16H24BrN. The van der Waals surface area contributed by atoms with Gasteiger partial charge in [0.25, 0.3) is 0 Å². The topological polar surface area (TPSA) is 26.0 Å². The zero-order chi connectivity index (χ0) is 13.0. The van der Waals surface area contributed by atoms with Crippen LogP contribution in [0.15, 0.2) is 22.7 Å². The van der Waals surface area contributed by atoms with Gasteiger partial charge in [-0.25, -0.2) is 0 Å². The molecule has 0 radical (unpaired) electrons. The summed E-state index contributed by atoms with van der Waals surface area (Å²) in [5, 5.41) is 0. The first kappa shape index (κ1) is 14.1. The summed E-state index contributed by atoms with van der Waals surface area (Å²) >= 11 is 3.59. The Morgan fingerprint density at radius 1 is 1.28 bits per heavy atom. The van der Waals surface area contributed by atoms with Crippen molar-refractivity contribution in [2.24, 2.45) is 11.7 Å². The first-order chi connectivity index (χ1) is 8.68. The number of nitrogens with two attached hydrogens (primary N) is 1. The molecule has 2 heteroatoms. The predicted octanol–water partition coefficient (Wildman–Crippen LogP) is 5.12. The van der Waals surface area contributed by atoms with Gasteiger partial charge in [0.15, 0.2) is 0 Å². The summed E-state index contributed by atoms with van der Waals surface area (Å²) < 4.78 is 1.17. The summed E-state index contributed by atoms with van der Waals surface area (Å²) in [6.45, 7) is 2.15. The van der Waals surface area contributed by atoms with E-state index in [0.717, 1.165) is 12.3 Å². The van der Waals surface area contributed by atoms with E-state index < -0.39 is 0 Å². The average molecular weight is 310 g/mol.